The molecular formula is C14H22BrNO3. The van der Waals surface area contributed by atoms with Gasteiger partial charge in [0.15, 0.2) is 0 Å². The van der Waals surface area contributed by atoms with Crippen molar-refractivity contribution in [2.45, 2.75) is 19.6 Å². The quantitative estimate of drug-likeness (QED) is 0.669. The Morgan fingerprint density at radius 1 is 1.11 bits per heavy atom. The van der Waals surface area contributed by atoms with E-state index >= 15 is 0 Å². The fourth-order valence-corrected chi connectivity index (χ4v) is 2.07. The van der Waals surface area contributed by atoms with Crippen LogP contribution in [0.15, 0.2) is 22.7 Å². The van der Waals surface area contributed by atoms with E-state index in [1.165, 1.54) is 0 Å². The first-order chi connectivity index (χ1) is 9.27. The number of methoxy groups -OCH3 is 1. The molecule has 1 aromatic rings. The van der Waals surface area contributed by atoms with Crippen LogP contribution in [0, 0.1) is 0 Å². The molecule has 19 heavy (non-hydrogen) atoms. The van der Waals surface area contributed by atoms with Crippen LogP contribution in [0.2, 0.25) is 0 Å². The second-order valence-electron chi connectivity index (χ2n) is 4.14. The fourth-order valence-electron chi connectivity index (χ4n) is 1.52. The van der Waals surface area contributed by atoms with Crippen molar-refractivity contribution < 1.29 is 14.2 Å². The van der Waals surface area contributed by atoms with E-state index < -0.39 is 0 Å². The van der Waals surface area contributed by atoms with Gasteiger partial charge in [-0.05, 0) is 23.6 Å². The lowest BCUT2D eigenvalue weighted by molar-refractivity contribution is 0.0482. The molecule has 0 unspecified atom stereocenters. The summed E-state index contributed by atoms with van der Waals surface area (Å²) >= 11 is 3.53. The molecule has 0 saturated heterocycles. The SMILES string of the molecule is COCCOCCCOCc1ccc(CN)cc1Br. The van der Waals surface area contributed by atoms with Gasteiger partial charge in [-0.3, -0.25) is 0 Å². The van der Waals surface area contributed by atoms with Gasteiger partial charge in [-0.2, -0.15) is 0 Å². The Morgan fingerprint density at radius 2 is 1.89 bits per heavy atom. The first-order valence-corrected chi connectivity index (χ1v) is 7.19. The summed E-state index contributed by atoms with van der Waals surface area (Å²) in [5.74, 6) is 0. The second kappa shape index (κ2) is 10.3. The van der Waals surface area contributed by atoms with Crippen LogP contribution in [-0.4, -0.2) is 33.5 Å². The lowest BCUT2D eigenvalue weighted by Gasteiger charge is -2.08. The van der Waals surface area contributed by atoms with Gasteiger partial charge in [0.2, 0.25) is 0 Å². The van der Waals surface area contributed by atoms with Crippen LogP contribution in [0.25, 0.3) is 0 Å². The van der Waals surface area contributed by atoms with Crippen molar-refractivity contribution in [1.82, 2.24) is 0 Å². The van der Waals surface area contributed by atoms with Crippen molar-refractivity contribution in [2.75, 3.05) is 33.5 Å². The summed E-state index contributed by atoms with van der Waals surface area (Å²) in [6.45, 7) is 3.83. The van der Waals surface area contributed by atoms with E-state index in [-0.39, 0.29) is 0 Å². The zero-order valence-electron chi connectivity index (χ0n) is 11.4. The third kappa shape index (κ3) is 7.03. The molecule has 0 amide bonds. The highest BCUT2D eigenvalue weighted by Gasteiger charge is 2.01. The van der Waals surface area contributed by atoms with Gasteiger partial charge >= 0.3 is 0 Å². The van der Waals surface area contributed by atoms with E-state index in [0.29, 0.717) is 39.6 Å². The van der Waals surface area contributed by atoms with Crippen LogP contribution in [0.5, 0.6) is 0 Å². The highest BCUT2D eigenvalue weighted by atomic mass is 79.9. The molecule has 0 atom stereocenters. The summed E-state index contributed by atoms with van der Waals surface area (Å²) in [7, 11) is 1.67. The van der Waals surface area contributed by atoms with E-state index in [2.05, 4.69) is 15.9 Å². The van der Waals surface area contributed by atoms with Gasteiger partial charge in [0.1, 0.15) is 0 Å². The molecular weight excluding hydrogens is 310 g/mol. The fraction of sp³-hybridized carbons (Fsp3) is 0.571. The van der Waals surface area contributed by atoms with Crippen LogP contribution < -0.4 is 5.73 Å². The Labute approximate surface area is 123 Å². The molecule has 1 aromatic carbocycles. The smallest absolute Gasteiger partial charge is 0.0727 e. The normalized spacial score (nSPS) is 10.9. The standard InChI is InChI=1S/C14H22BrNO3/c1-17-7-8-18-5-2-6-19-11-13-4-3-12(10-16)9-14(13)15/h3-4,9H,2,5-8,10-11,16H2,1H3. The molecule has 0 aliphatic carbocycles. The predicted octanol–water partition coefficient (Wildman–Crippen LogP) is 2.48. The van der Waals surface area contributed by atoms with E-state index in [4.69, 9.17) is 19.9 Å². The minimum atomic E-state index is 0.554. The number of rotatable bonds is 10. The summed E-state index contributed by atoms with van der Waals surface area (Å²) in [5, 5.41) is 0. The lowest BCUT2D eigenvalue weighted by atomic mass is 10.1. The Hall–Kier alpha value is -0.460. The minimum absolute atomic E-state index is 0.554. The number of hydrogen-bond acceptors (Lipinski definition) is 4. The van der Waals surface area contributed by atoms with Crippen LogP contribution in [0.1, 0.15) is 17.5 Å². The molecule has 2 N–H and O–H groups in total. The molecule has 5 heteroatoms. The third-order valence-corrected chi connectivity index (χ3v) is 3.36. The minimum Gasteiger partial charge on any atom is -0.382 e. The van der Waals surface area contributed by atoms with E-state index in [1.807, 2.05) is 18.2 Å². The van der Waals surface area contributed by atoms with E-state index in [0.717, 1.165) is 22.0 Å². The molecule has 0 aliphatic rings. The van der Waals surface area contributed by atoms with Gasteiger partial charge in [-0.15, -0.1) is 0 Å². The molecule has 0 heterocycles. The summed E-state index contributed by atoms with van der Waals surface area (Å²) < 4.78 is 16.9. The van der Waals surface area contributed by atoms with Crippen molar-refractivity contribution in [2.24, 2.45) is 5.73 Å². The van der Waals surface area contributed by atoms with Crippen LogP contribution >= 0.6 is 15.9 Å². The maximum absolute atomic E-state index is 5.61. The van der Waals surface area contributed by atoms with Gasteiger partial charge in [0.05, 0.1) is 19.8 Å². The number of ether oxygens (including phenoxy) is 3. The second-order valence-corrected chi connectivity index (χ2v) is 5.00. The first-order valence-electron chi connectivity index (χ1n) is 6.39. The number of nitrogens with two attached hydrogens (primary N) is 1. The number of halogens is 1. The maximum atomic E-state index is 5.61. The monoisotopic (exact) mass is 331 g/mol. The average Bonchev–Trinajstić information content (AvgIpc) is 2.43. The highest BCUT2D eigenvalue weighted by molar-refractivity contribution is 9.10. The van der Waals surface area contributed by atoms with Gasteiger partial charge < -0.3 is 19.9 Å². The van der Waals surface area contributed by atoms with Crippen molar-refractivity contribution in [3.05, 3.63) is 33.8 Å². The summed E-state index contributed by atoms with van der Waals surface area (Å²) in [6, 6.07) is 6.10. The van der Waals surface area contributed by atoms with Crippen LogP contribution in [0.3, 0.4) is 0 Å². The van der Waals surface area contributed by atoms with Crippen molar-refractivity contribution in [3.8, 4) is 0 Å². The molecule has 1 rings (SSSR count). The Bertz CT molecular complexity index is 361. The van der Waals surface area contributed by atoms with Gasteiger partial charge in [0, 0.05) is 31.3 Å². The van der Waals surface area contributed by atoms with Gasteiger partial charge in [0.25, 0.3) is 0 Å². The largest absolute Gasteiger partial charge is 0.382 e. The van der Waals surface area contributed by atoms with Gasteiger partial charge in [-0.1, -0.05) is 28.1 Å². The van der Waals surface area contributed by atoms with Crippen molar-refractivity contribution in [3.63, 3.8) is 0 Å². The first kappa shape index (κ1) is 16.6. The zero-order chi connectivity index (χ0) is 13.9. The molecule has 0 spiro atoms. The average molecular weight is 332 g/mol. The highest BCUT2D eigenvalue weighted by Crippen LogP contribution is 2.19. The Kier molecular flexibility index (Phi) is 9.03. The van der Waals surface area contributed by atoms with E-state index in [1.54, 1.807) is 7.11 Å². The summed E-state index contributed by atoms with van der Waals surface area (Å²) in [5.41, 5.74) is 7.83. The Morgan fingerprint density at radius 3 is 2.58 bits per heavy atom. The molecule has 0 fully saturated rings. The van der Waals surface area contributed by atoms with Crippen molar-refractivity contribution >= 4 is 15.9 Å². The molecule has 0 aromatic heterocycles. The molecule has 4 nitrogen and oxygen atoms in total. The molecule has 108 valence electrons. The zero-order valence-corrected chi connectivity index (χ0v) is 12.9. The molecule has 0 aliphatic heterocycles. The van der Waals surface area contributed by atoms with Gasteiger partial charge in [-0.25, -0.2) is 0 Å². The van der Waals surface area contributed by atoms with Crippen molar-refractivity contribution in [1.29, 1.82) is 0 Å². The van der Waals surface area contributed by atoms with E-state index in [9.17, 15) is 0 Å². The summed E-state index contributed by atoms with van der Waals surface area (Å²) in [4.78, 5) is 0. The number of hydrogen-bond donors (Lipinski definition) is 1. The number of benzene rings is 1. The third-order valence-electron chi connectivity index (χ3n) is 2.62. The summed E-state index contributed by atoms with van der Waals surface area (Å²) in [6.07, 6.45) is 0.891. The topological polar surface area (TPSA) is 53.7 Å². The molecule has 0 bridgehead atoms. The molecule has 0 radical (unpaired) electrons. The predicted molar refractivity (Wildman–Crippen MR) is 79.0 cm³/mol. The van der Waals surface area contributed by atoms with Crippen LogP contribution in [0.4, 0.5) is 0 Å². The maximum Gasteiger partial charge on any atom is 0.0727 e. The molecule has 0 saturated carbocycles. The Balaban J connectivity index is 2.12. The lowest BCUT2D eigenvalue weighted by Crippen LogP contribution is -2.06. The van der Waals surface area contributed by atoms with Crippen LogP contribution in [-0.2, 0) is 27.4 Å².